The Morgan fingerprint density at radius 2 is 1.94 bits per heavy atom. The molecule has 3 rings (SSSR count). The second-order valence-electron chi connectivity index (χ2n) is 6.59. The topological polar surface area (TPSA) is 18.5 Å². The van der Waals surface area contributed by atoms with Gasteiger partial charge in [0.15, 0.2) is 0 Å². The van der Waals surface area contributed by atoms with Crippen LogP contribution < -0.4 is 5.32 Å². The Bertz CT molecular complexity index is 273. The third-order valence-corrected chi connectivity index (χ3v) is 5.55. The lowest BCUT2D eigenvalue weighted by molar-refractivity contribution is 0.0948. The van der Waals surface area contributed by atoms with E-state index in [1.54, 1.807) is 0 Å². The van der Waals surface area contributed by atoms with E-state index >= 15 is 0 Å². The first kappa shape index (κ1) is 12.9. The number of nitrogens with one attached hydrogen (secondary N) is 1. The molecule has 1 N–H and O–H groups in total. The number of hydrogen-bond acceptors (Lipinski definition) is 3. The van der Waals surface area contributed by atoms with Crippen molar-refractivity contribution in [3.63, 3.8) is 0 Å². The van der Waals surface area contributed by atoms with E-state index < -0.39 is 0 Å². The van der Waals surface area contributed by atoms with E-state index in [0.717, 1.165) is 23.9 Å². The van der Waals surface area contributed by atoms with Crippen LogP contribution in [0.5, 0.6) is 0 Å². The summed E-state index contributed by atoms with van der Waals surface area (Å²) in [4.78, 5) is 5.50. The fourth-order valence-electron chi connectivity index (χ4n) is 4.47. The smallest absolute Gasteiger partial charge is 0.0123 e. The summed E-state index contributed by atoms with van der Waals surface area (Å²) < 4.78 is 0. The number of piperidine rings is 1. The van der Waals surface area contributed by atoms with Crippen LogP contribution in [-0.2, 0) is 0 Å². The maximum absolute atomic E-state index is 3.57. The minimum Gasteiger partial charge on any atom is -0.316 e. The Labute approximate surface area is 112 Å². The average Bonchev–Trinajstić information content (AvgIpc) is 2.95. The van der Waals surface area contributed by atoms with Crippen LogP contribution in [0.1, 0.15) is 33.1 Å². The summed E-state index contributed by atoms with van der Waals surface area (Å²) in [6.07, 6.45) is 4.11. The Morgan fingerprint density at radius 3 is 2.61 bits per heavy atom. The van der Waals surface area contributed by atoms with Crippen molar-refractivity contribution < 1.29 is 0 Å². The molecule has 0 bridgehead atoms. The molecule has 0 aromatic rings. The summed E-state index contributed by atoms with van der Waals surface area (Å²) >= 11 is 0. The van der Waals surface area contributed by atoms with Gasteiger partial charge in [-0.2, -0.15) is 0 Å². The zero-order chi connectivity index (χ0) is 12.5. The molecule has 3 fully saturated rings. The minimum absolute atomic E-state index is 0.813. The highest BCUT2D eigenvalue weighted by Gasteiger charge is 2.44. The van der Waals surface area contributed by atoms with Gasteiger partial charge in [0.1, 0.15) is 0 Å². The first-order valence-electron chi connectivity index (χ1n) is 7.98. The van der Waals surface area contributed by atoms with E-state index in [0.29, 0.717) is 0 Å². The second-order valence-corrected chi connectivity index (χ2v) is 6.59. The van der Waals surface area contributed by atoms with E-state index in [-0.39, 0.29) is 0 Å². The summed E-state index contributed by atoms with van der Waals surface area (Å²) in [7, 11) is 0. The van der Waals surface area contributed by atoms with Gasteiger partial charge in [-0.1, -0.05) is 6.92 Å². The molecule has 3 atom stereocenters. The molecule has 3 saturated heterocycles. The van der Waals surface area contributed by atoms with Crippen LogP contribution >= 0.6 is 0 Å². The highest BCUT2D eigenvalue weighted by molar-refractivity contribution is 4.99. The molecule has 104 valence electrons. The predicted octanol–water partition coefficient (Wildman–Crippen LogP) is 1.40. The molecule has 0 radical (unpaired) electrons. The molecule has 18 heavy (non-hydrogen) atoms. The van der Waals surface area contributed by atoms with E-state index in [4.69, 9.17) is 0 Å². The molecule has 0 spiro atoms. The Morgan fingerprint density at radius 1 is 1.17 bits per heavy atom. The van der Waals surface area contributed by atoms with Gasteiger partial charge in [0.2, 0.25) is 0 Å². The highest BCUT2D eigenvalue weighted by Crippen LogP contribution is 2.35. The first-order chi connectivity index (χ1) is 8.79. The van der Waals surface area contributed by atoms with Gasteiger partial charge in [-0.3, -0.25) is 4.90 Å². The zero-order valence-electron chi connectivity index (χ0n) is 12.1. The maximum Gasteiger partial charge on any atom is 0.0123 e. The van der Waals surface area contributed by atoms with Crippen molar-refractivity contribution in [2.45, 2.75) is 45.2 Å². The third kappa shape index (κ3) is 2.33. The molecular weight excluding hydrogens is 222 g/mol. The lowest BCUT2D eigenvalue weighted by Gasteiger charge is -2.39. The van der Waals surface area contributed by atoms with E-state index in [1.807, 2.05) is 0 Å². The Hall–Kier alpha value is -0.120. The monoisotopic (exact) mass is 251 g/mol. The van der Waals surface area contributed by atoms with Gasteiger partial charge in [0.25, 0.3) is 0 Å². The molecule has 3 aliphatic rings. The van der Waals surface area contributed by atoms with E-state index in [9.17, 15) is 0 Å². The lowest BCUT2D eigenvalue weighted by atomic mass is 9.95. The van der Waals surface area contributed by atoms with Gasteiger partial charge in [0, 0.05) is 18.6 Å². The van der Waals surface area contributed by atoms with Crippen molar-refractivity contribution in [3.05, 3.63) is 0 Å². The number of nitrogens with zero attached hydrogens (tertiary/aromatic N) is 2. The van der Waals surface area contributed by atoms with Gasteiger partial charge in [-0.25, -0.2) is 0 Å². The molecule has 0 aromatic heterocycles. The van der Waals surface area contributed by atoms with Gasteiger partial charge < -0.3 is 10.2 Å². The lowest BCUT2D eigenvalue weighted by Crippen LogP contribution is -2.47. The first-order valence-corrected chi connectivity index (χ1v) is 7.98. The van der Waals surface area contributed by atoms with Crippen molar-refractivity contribution in [2.24, 2.45) is 11.8 Å². The zero-order valence-corrected chi connectivity index (χ0v) is 12.1. The predicted molar refractivity (Wildman–Crippen MR) is 75.8 cm³/mol. The molecule has 3 heteroatoms. The second kappa shape index (κ2) is 5.48. The summed E-state index contributed by atoms with van der Waals surface area (Å²) in [5.41, 5.74) is 0. The van der Waals surface area contributed by atoms with E-state index in [2.05, 4.69) is 29.0 Å². The van der Waals surface area contributed by atoms with Crippen LogP contribution in [0.3, 0.4) is 0 Å². The van der Waals surface area contributed by atoms with Gasteiger partial charge in [0.05, 0.1) is 0 Å². The van der Waals surface area contributed by atoms with Gasteiger partial charge in [-0.05, 0) is 70.7 Å². The Balaban J connectivity index is 1.54. The minimum atomic E-state index is 0.813. The summed E-state index contributed by atoms with van der Waals surface area (Å²) in [6.45, 7) is 12.6. The van der Waals surface area contributed by atoms with E-state index in [1.165, 1.54) is 58.5 Å². The van der Waals surface area contributed by atoms with Gasteiger partial charge in [-0.15, -0.1) is 0 Å². The molecular formula is C15H29N3. The third-order valence-electron chi connectivity index (χ3n) is 5.55. The largest absolute Gasteiger partial charge is 0.316 e. The molecule has 0 saturated carbocycles. The average molecular weight is 251 g/mol. The Kier molecular flexibility index (Phi) is 3.92. The summed E-state index contributed by atoms with van der Waals surface area (Å²) in [5.74, 6) is 1.87. The van der Waals surface area contributed by atoms with Crippen LogP contribution in [0.2, 0.25) is 0 Å². The standard InChI is InChI=1S/C15H29N3/c1-3-6-17-7-4-14(5-8-17)18-11-13-9-16-10-15(13)12(18)2/h12-16H,3-11H2,1-2H3. The molecule has 3 aliphatic heterocycles. The molecule has 0 amide bonds. The molecule has 3 nitrogen and oxygen atoms in total. The van der Waals surface area contributed by atoms with Crippen molar-refractivity contribution in [1.29, 1.82) is 0 Å². The highest BCUT2D eigenvalue weighted by atomic mass is 15.3. The van der Waals surface area contributed by atoms with Gasteiger partial charge >= 0.3 is 0 Å². The summed E-state index contributed by atoms with van der Waals surface area (Å²) in [6, 6.07) is 1.69. The number of hydrogen-bond donors (Lipinski definition) is 1. The van der Waals surface area contributed by atoms with Crippen molar-refractivity contribution in [1.82, 2.24) is 15.1 Å². The fourth-order valence-corrected chi connectivity index (χ4v) is 4.47. The molecule has 0 aromatic carbocycles. The maximum atomic E-state index is 3.57. The van der Waals surface area contributed by atoms with Crippen LogP contribution in [0.25, 0.3) is 0 Å². The molecule has 0 aliphatic carbocycles. The summed E-state index contributed by atoms with van der Waals surface area (Å²) in [5, 5.41) is 3.57. The number of likely N-dealkylation sites (tertiary alicyclic amines) is 2. The normalized spacial score (nSPS) is 39.3. The SMILES string of the molecule is CCCN1CCC(N2CC3CNCC3C2C)CC1. The molecule has 3 unspecified atom stereocenters. The van der Waals surface area contributed by atoms with Crippen molar-refractivity contribution in [2.75, 3.05) is 39.3 Å². The van der Waals surface area contributed by atoms with Crippen LogP contribution in [-0.4, -0.2) is 61.2 Å². The quantitative estimate of drug-likeness (QED) is 0.818. The van der Waals surface area contributed by atoms with Crippen molar-refractivity contribution >= 4 is 0 Å². The number of rotatable bonds is 3. The molecule has 3 heterocycles. The fraction of sp³-hybridized carbons (Fsp3) is 1.00. The number of fused-ring (bicyclic) bond motifs is 1. The van der Waals surface area contributed by atoms with Crippen LogP contribution in [0.15, 0.2) is 0 Å². The van der Waals surface area contributed by atoms with Crippen LogP contribution in [0, 0.1) is 11.8 Å². The van der Waals surface area contributed by atoms with Crippen LogP contribution in [0.4, 0.5) is 0 Å². The van der Waals surface area contributed by atoms with Crippen molar-refractivity contribution in [3.8, 4) is 0 Å².